The molecule has 17 heavy (non-hydrogen) atoms. The van der Waals surface area contributed by atoms with E-state index >= 15 is 0 Å². The molecule has 0 aliphatic rings. The number of phenolic OH excluding ortho intramolecular Hbond substituents is 1. The molecular weight excluding hydrogens is 210 g/mol. The summed E-state index contributed by atoms with van der Waals surface area (Å²) >= 11 is 0. The molecule has 0 aromatic heterocycles. The monoisotopic (exact) mass is 223 g/mol. The van der Waals surface area contributed by atoms with Crippen LogP contribution >= 0.6 is 0 Å². The lowest BCUT2D eigenvalue weighted by Gasteiger charge is -2.09. The minimum Gasteiger partial charge on any atom is -0.508 e. The summed E-state index contributed by atoms with van der Waals surface area (Å²) in [5.74, 6) is 0.0585. The standard InChI is InChI=1S/C15H13NO/c16-11-14(10-12-4-2-1-3-5-12)13-6-8-15(17)9-7-13/h1-9,14,17H,10H2/t14-/m0/s1. The zero-order valence-corrected chi connectivity index (χ0v) is 9.38. The molecule has 0 heterocycles. The maximum Gasteiger partial charge on any atom is 0.115 e. The van der Waals surface area contributed by atoms with Crippen LogP contribution in [0.25, 0.3) is 0 Å². The summed E-state index contributed by atoms with van der Waals surface area (Å²) in [4.78, 5) is 0. The number of nitriles is 1. The van der Waals surface area contributed by atoms with Crippen molar-refractivity contribution < 1.29 is 5.11 Å². The third-order valence-electron chi connectivity index (χ3n) is 2.73. The largest absolute Gasteiger partial charge is 0.508 e. The fourth-order valence-corrected chi connectivity index (χ4v) is 1.79. The van der Waals surface area contributed by atoms with E-state index in [9.17, 15) is 10.4 Å². The van der Waals surface area contributed by atoms with Crippen LogP contribution < -0.4 is 0 Å². The highest BCUT2D eigenvalue weighted by molar-refractivity contribution is 5.33. The van der Waals surface area contributed by atoms with E-state index in [2.05, 4.69) is 6.07 Å². The van der Waals surface area contributed by atoms with Gasteiger partial charge in [-0.05, 0) is 29.7 Å². The molecule has 2 aromatic rings. The maximum absolute atomic E-state index is 9.22. The van der Waals surface area contributed by atoms with Gasteiger partial charge in [0.05, 0.1) is 12.0 Å². The minimum absolute atomic E-state index is 0.169. The maximum atomic E-state index is 9.22. The molecular formula is C15H13NO. The molecule has 0 saturated carbocycles. The van der Waals surface area contributed by atoms with E-state index in [1.54, 1.807) is 24.3 Å². The lowest BCUT2D eigenvalue weighted by Crippen LogP contribution is -1.99. The van der Waals surface area contributed by atoms with Crippen molar-refractivity contribution in [3.63, 3.8) is 0 Å². The molecule has 2 rings (SSSR count). The van der Waals surface area contributed by atoms with Crippen LogP contribution in [-0.2, 0) is 6.42 Å². The Kier molecular flexibility index (Phi) is 3.42. The highest BCUT2D eigenvalue weighted by atomic mass is 16.3. The van der Waals surface area contributed by atoms with Gasteiger partial charge in [0.1, 0.15) is 5.75 Å². The third kappa shape index (κ3) is 2.85. The van der Waals surface area contributed by atoms with Crippen LogP contribution in [0.15, 0.2) is 54.6 Å². The first-order valence-electron chi connectivity index (χ1n) is 5.52. The van der Waals surface area contributed by atoms with Gasteiger partial charge in [-0.1, -0.05) is 42.5 Å². The zero-order chi connectivity index (χ0) is 12.1. The number of nitrogens with zero attached hydrogens (tertiary/aromatic N) is 1. The molecule has 2 nitrogen and oxygen atoms in total. The molecule has 1 atom stereocenters. The van der Waals surface area contributed by atoms with E-state index in [0.29, 0.717) is 6.42 Å². The Bertz CT molecular complexity index is 511. The third-order valence-corrected chi connectivity index (χ3v) is 2.73. The van der Waals surface area contributed by atoms with Gasteiger partial charge >= 0.3 is 0 Å². The Labute approximate surface area is 101 Å². The van der Waals surface area contributed by atoms with Gasteiger partial charge in [-0.15, -0.1) is 0 Å². The first-order chi connectivity index (χ1) is 8.29. The van der Waals surface area contributed by atoms with Gasteiger partial charge in [0, 0.05) is 0 Å². The van der Waals surface area contributed by atoms with Gasteiger partial charge in [0.15, 0.2) is 0 Å². The van der Waals surface area contributed by atoms with Gasteiger partial charge in [-0.2, -0.15) is 5.26 Å². The quantitative estimate of drug-likeness (QED) is 0.868. The van der Waals surface area contributed by atoms with E-state index in [1.807, 2.05) is 30.3 Å². The lowest BCUT2D eigenvalue weighted by atomic mass is 9.93. The highest BCUT2D eigenvalue weighted by Crippen LogP contribution is 2.22. The van der Waals surface area contributed by atoms with E-state index < -0.39 is 0 Å². The second-order valence-electron chi connectivity index (χ2n) is 3.96. The number of rotatable bonds is 3. The molecule has 0 aliphatic heterocycles. The number of hydrogen-bond acceptors (Lipinski definition) is 2. The van der Waals surface area contributed by atoms with E-state index in [0.717, 1.165) is 11.1 Å². The van der Waals surface area contributed by atoms with Crippen molar-refractivity contribution in [3.05, 3.63) is 65.7 Å². The van der Waals surface area contributed by atoms with Gasteiger partial charge < -0.3 is 5.11 Å². The van der Waals surface area contributed by atoms with Crippen molar-refractivity contribution in [2.24, 2.45) is 0 Å². The van der Waals surface area contributed by atoms with Crippen molar-refractivity contribution in [1.29, 1.82) is 5.26 Å². The summed E-state index contributed by atoms with van der Waals surface area (Å²) < 4.78 is 0. The first-order valence-corrected chi connectivity index (χ1v) is 5.52. The molecule has 84 valence electrons. The van der Waals surface area contributed by atoms with E-state index in [4.69, 9.17) is 0 Å². The first kappa shape index (κ1) is 11.2. The highest BCUT2D eigenvalue weighted by Gasteiger charge is 2.11. The molecule has 0 aliphatic carbocycles. The summed E-state index contributed by atoms with van der Waals surface area (Å²) in [6.07, 6.45) is 0.697. The van der Waals surface area contributed by atoms with Crippen molar-refractivity contribution >= 4 is 0 Å². The molecule has 0 radical (unpaired) electrons. The van der Waals surface area contributed by atoms with Crippen LogP contribution in [-0.4, -0.2) is 5.11 Å². The Morgan fingerprint density at radius 3 is 2.24 bits per heavy atom. The fraction of sp³-hybridized carbons (Fsp3) is 0.133. The number of phenols is 1. The average Bonchev–Trinajstić information content (AvgIpc) is 2.38. The van der Waals surface area contributed by atoms with Crippen molar-refractivity contribution in [2.75, 3.05) is 0 Å². The summed E-state index contributed by atoms with van der Waals surface area (Å²) in [6, 6.07) is 19.1. The predicted molar refractivity (Wildman–Crippen MR) is 66.6 cm³/mol. The van der Waals surface area contributed by atoms with Crippen molar-refractivity contribution in [2.45, 2.75) is 12.3 Å². The van der Waals surface area contributed by atoms with Gasteiger partial charge in [0.2, 0.25) is 0 Å². The SMILES string of the molecule is N#C[C@H](Cc1ccccc1)c1ccc(O)cc1. The summed E-state index contributed by atoms with van der Waals surface area (Å²) in [5.41, 5.74) is 2.08. The topological polar surface area (TPSA) is 44.0 Å². The van der Waals surface area contributed by atoms with Crippen LogP contribution in [0.4, 0.5) is 0 Å². The molecule has 0 saturated heterocycles. The molecule has 2 heteroatoms. The molecule has 2 aromatic carbocycles. The minimum atomic E-state index is -0.169. The Balaban J connectivity index is 2.18. The van der Waals surface area contributed by atoms with Crippen LogP contribution in [0.2, 0.25) is 0 Å². The van der Waals surface area contributed by atoms with E-state index in [-0.39, 0.29) is 11.7 Å². The zero-order valence-electron chi connectivity index (χ0n) is 9.38. The molecule has 0 amide bonds. The number of hydrogen-bond donors (Lipinski definition) is 1. The molecule has 0 fully saturated rings. The average molecular weight is 223 g/mol. The Morgan fingerprint density at radius 2 is 1.65 bits per heavy atom. The Hall–Kier alpha value is -2.27. The smallest absolute Gasteiger partial charge is 0.115 e. The van der Waals surface area contributed by atoms with E-state index in [1.165, 1.54) is 0 Å². The molecule has 0 bridgehead atoms. The van der Waals surface area contributed by atoms with Gasteiger partial charge in [0.25, 0.3) is 0 Å². The molecule has 1 N–H and O–H groups in total. The molecule has 0 spiro atoms. The van der Waals surface area contributed by atoms with Crippen molar-refractivity contribution in [1.82, 2.24) is 0 Å². The fourth-order valence-electron chi connectivity index (χ4n) is 1.79. The predicted octanol–water partition coefficient (Wildman–Crippen LogP) is 3.24. The number of aromatic hydroxyl groups is 1. The van der Waals surface area contributed by atoms with Crippen LogP contribution in [0, 0.1) is 11.3 Å². The summed E-state index contributed by atoms with van der Waals surface area (Å²) in [5, 5.41) is 18.4. The van der Waals surface area contributed by atoms with Crippen molar-refractivity contribution in [3.8, 4) is 11.8 Å². The van der Waals surface area contributed by atoms with Gasteiger partial charge in [-0.25, -0.2) is 0 Å². The second kappa shape index (κ2) is 5.18. The molecule has 0 unspecified atom stereocenters. The lowest BCUT2D eigenvalue weighted by molar-refractivity contribution is 0.475. The normalized spacial score (nSPS) is 11.7. The summed E-state index contributed by atoms with van der Waals surface area (Å²) in [6.45, 7) is 0. The number of benzene rings is 2. The second-order valence-corrected chi connectivity index (χ2v) is 3.96. The summed E-state index contributed by atoms with van der Waals surface area (Å²) in [7, 11) is 0. The van der Waals surface area contributed by atoms with Crippen LogP contribution in [0.1, 0.15) is 17.0 Å². The van der Waals surface area contributed by atoms with Gasteiger partial charge in [-0.3, -0.25) is 0 Å². The van der Waals surface area contributed by atoms with Crippen LogP contribution in [0.5, 0.6) is 5.75 Å². The van der Waals surface area contributed by atoms with Crippen LogP contribution in [0.3, 0.4) is 0 Å². The Morgan fingerprint density at radius 1 is 1.00 bits per heavy atom.